The topological polar surface area (TPSA) is 64.4 Å². The summed E-state index contributed by atoms with van der Waals surface area (Å²) in [5.74, 6) is -0.807. The Morgan fingerprint density at radius 1 is 1.53 bits per heavy atom. The SMILES string of the molecule is Cl.NC[C@H]1CC[C@@H](C(=O)Nc2ccc(Br)cc2F)O1. The van der Waals surface area contributed by atoms with Gasteiger partial charge in [0.15, 0.2) is 0 Å². The van der Waals surface area contributed by atoms with Crippen LogP contribution in [0.15, 0.2) is 22.7 Å². The van der Waals surface area contributed by atoms with Crippen LogP contribution in [-0.4, -0.2) is 24.7 Å². The third-order valence-corrected chi connectivity index (χ3v) is 3.35. The Morgan fingerprint density at radius 3 is 2.84 bits per heavy atom. The summed E-state index contributed by atoms with van der Waals surface area (Å²) in [5.41, 5.74) is 5.62. The van der Waals surface area contributed by atoms with Crippen molar-refractivity contribution < 1.29 is 13.9 Å². The summed E-state index contributed by atoms with van der Waals surface area (Å²) in [6.45, 7) is 0.399. The maximum absolute atomic E-state index is 13.5. The van der Waals surface area contributed by atoms with Crippen LogP contribution in [-0.2, 0) is 9.53 Å². The van der Waals surface area contributed by atoms with Crippen molar-refractivity contribution in [1.82, 2.24) is 0 Å². The van der Waals surface area contributed by atoms with Gasteiger partial charge in [0.1, 0.15) is 11.9 Å². The van der Waals surface area contributed by atoms with Gasteiger partial charge in [0.25, 0.3) is 5.91 Å². The summed E-state index contributed by atoms with van der Waals surface area (Å²) in [6.07, 6.45) is 0.764. The zero-order valence-electron chi connectivity index (χ0n) is 10.1. The Labute approximate surface area is 125 Å². The fourth-order valence-corrected chi connectivity index (χ4v) is 2.21. The van der Waals surface area contributed by atoms with Crippen molar-refractivity contribution in [2.24, 2.45) is 5.73 Å². The summed E-state index contributed by atoms with van der Waals surface area (Å²) < 4.78 is 19.6. The number of carbonyl (C=O) groups excluding carboxylic acids is 1. The molecule has 1 heterocycles. The summed E-state index contributed by atoms with van der Waals surface area (Å²) in [5, 5.41) is 2.52. The lowest BCUT2D eigenvalue weighted by atomic mass is 10.2. The van der Waals surface area contributed by atoms with Crippen LogP contribution in [0.1, 0.15) is 12.8 Å². The van der Waals surface area contributed by atoms with Crippen molar-refractivity contribution in [3.63, 3.8) is 0 Å². The molecule has 19 heavy (non-hydrogen) atoms. The molecule has 0 saturated carbocycles. The highest BCUT2D eigenvalue weighted by Gasteiger charge is 2.30. The maximum Gasteiger partial charge on any atom is 0.253 e. The number of hydrogen-bond acceptors (Lipinski definition) is 3. The number of carbonyl (C=O) groups is 1. The Kier molecular flexibility index (Phi) is 6.19. The van der Waals surface area contributed by atoms with Crippen LogP contribution in [0.25, 0.3) is 0 Å². The minimum Gasteiger partial charge on any atom is -0.364 e. The molecule has 0 spiro atoms. The Hall–Kier alpha value is -0.690. The molecule has 3 N–H and O–H groups in total. The summed E-state index contributed by atoms with van der Waals surface area (Å²) in [7, 11) is 0. The minimum absolute atomic E-state index is 0. The van der Waals surface area contributed by atoms with E-state index in [0.717, 1.165) is 6.42 Å². The van der Waals surface area contributed by atoms with Gasteiger partial charge in [0.05, 0.1) is 11.8 Å². The lowest BCUT2D eigenvalue weighted by Crippen LogP contribution is -2.30. The molecule has 1 fully saturated rings. The Morgan fingerprint density at radius 2 is 2.26 bits per heavy atom. The monoisotopic (exact) mass is 352 g/mol. The normalized spacial score (nSPS) is 21.8. The van der Waals surface area contributed by atoms with Crippen LogP contribution in [0.3, 0.4) is 0 Å². The highest BCUT2D eigenvalue weighted by molar-refractivity contribution is 9.10. The summed E-state index contributed by atoms with van der Waals surface area (Å²) >= 11 is 3.15. The number of hydrogen-bond donors (Lipinski definition) is 2. The van der Waals surface area contributed by atoms with E-state index in [1.165, 1.54) is 12.1 Å². The van der Waals surface area contributed by atoms with Gasteiger partial charge in [0, 0.05) is 11.0 Å². The molecule has 0 radical (unpaired) electrons. The van der Waals surface area contributed by atoms with Crippen molar-refractivity contribution in [2.45, 2.75) is 25.0 Å². The molecule has 0 aromatic heterocycles. The van der Waals surface area contributed by atoms with E-state index in [1.807, 2.05) is 0 Å². The molecule has 2 rings (SSSR count). The van der Waals surface area contributed by atoms with E-state index in [4.69, 9.17) is 10.5 Å². The van der Waals surface area contributed by atoms with E-state index in [0.29, 0.717) is 17.4 Å². The zero-order valence-corrected chi connectivity index (χ0v) is 12.5. The lowest BCUT2D eigenvalue weighted by Gasteiger charge is -2.13. The van der Waals surface area contributed by atoms with Crippen molar-refractivity contribution in [1.29, 1.82) is 0 Å². The molecule has 0 aliphatic carbocycles. The van der Waals surface area contributed by atoms with Crippen LogP contribution in [0.2, 0.25) is 0 Å². The van der Waals surface area contributed by atoms with E-state index in [9.17, 15) is 9.18 Å². The maximum atomic E-state index is 13.5. The lowest BCUT2D eigenvalue weighted by molar-refractivity contribution is -0.126. The third-order valence-electron chi connectivity index (χ3n) is 2.85. The molecular formula is C12H15BrClFN2O2. The van der Waals surface area contributed by atoms with Gasteiger partial charge in [-0.1, -0.05) is 15.9 Å². The Bertz CT molecular complexity index is 461. The van der Waals surface area contributed by atoms with Crippen LogP contribution in [0.5, 0.6) is 0 Å². The van der Waals surface area contributed by atoms with E-state index in [2.05, 4.69) is 21.2 Å². The van der Waals surface area contributed by atoms with Crippen molar-refractivity contribution in [3.05, 3.63) is 28.5 Å². The van der Waals surface area contributed by atoms with Crippen LogP contribution in [0.4, 0.5) is 10.1 Å². The van der Waals surface area contributed by atoms with Gasteiger partial charge in [-0.3, -0.25) is 4.79 Å². The molecule has 0 unspecified atom stereocenters. The van der Waals surface area contributed by atoms with Crippen LogP contribution in [0, 0.1) is 5.82 Å². The first kappa shape index (κ1) is 16.4. The Balaban J connectivity index is 0.00000180. The third kappa shape index (κ3) is 4.14. The average Bonchev–Trinajstić information content (AvgIpc) is 2.81. The van der Waals surface area contributed by atoms with Crippen LogP contribution >= 0.6 is 28.3 Å². The molecule has 1 aromatic rings. The van der Waals surface area contributed by atoms with Crippen molar-refractivity contribution in [3.8, 4) is 0 Å². The predicted octanol–water partition coefficient (Wildman–Crippen LogP) is 2.45. The van der Waals surface area contributed by atoms with Crippen LogP contribution < -0.4 is 11.1 Å². The first-order valence-electron chi connectivity index (χ1n) is 5.71. The molecule has 0 bridgehead atoms. The van der Waals surface area contributed by atoms with Gasteiger partial charge in [-0.2, -0.15) is 0 Å². The smallest absolute Gasteiger partial charge is 0.253 e. The molecule has 1 amide bonds. The van der Waals surface area contributed by atoms with E-state index < -0.39 is 11.9 Å². The number of rotatable bonds is 3. The number of halogens is 3. The first-order valence-corrected chi connectivity index (χ1v) is 6.51. The highest BCUT2D eigenvalue weighted by atomic mass is 79.9. The summed E-state index contributed by atoms with van der Waals surface area (Å²) in [4.78, 5) is 11.9. The number of benzene rings is 1. The fourth-order valence-electron chi connectivity index (χ4n) is 1.88. The second-order valence-electron chi connectivity index (χ2n) is 4.17. The standard InChI is InChI=1S/C12H14BrFN2O2.ClH/c13-7-1-3-10(9(14)5-7)16-12(17)11-4-2-8(6-15)18-11;/h1,3,5,8,11H,2,4,6,15H2,(H,16,17);1H/t8-,11+;/m1./s1. The number of ether oxygens (including phenoxy) is 1. The molecule has 1 aliphatic rings. The van der Waals surface area contributed by atoms with Crippen molar-refractivity contribution >= 4 is 39.9 Å². The van der Waals surface area contributed by atoms with E-state index >= 15 is 0 Å². The first-order chi connectivity index (χ1) is 8.60. The molecule has 7 heteroatoms. The molecular weight excluding hydrogens is 338 g/mol. The molecule has 2 atom stereocenters. The fraction of sp³-hybridized carbons (Fsp3) is 0.417. The predicted molar refractivity (Wildman–Crippen MR) is 76.9 cm³/mol. The second-order valence-corrected chi connectivity index (χ2v) is 5.09. The van der Waals surface area contributed by atoms with Gasteiger partial charge < -0.3 is 15.8 Å². The number of nitrogens with one attached hydrogen (secondary N) is 1. The molecule has 1 aliphatic heterocycles. The number of nitrogens with two attached hydrogens (primary N) is 1. The largest absolute Gasteiger partial charge is 0.364 e. The van der Waals surface area contributed by atoms with Gasteiger partial charge in [-0.05, 0) is 31.0 Å². The average molecular weight is 354 g/mol. The molecule has 4 nitrogen and oxygen atoms in total. The second kappa shape index (κ2) is 7.19. The molecule has 1 saturated heterocycles. The highest BCUT2D eigenvalue weighted by Crippen LogP contribution is 2.23. The number of amides is 1. The van der Waals surface area contributed by atoms with Gasteiger partial charge >= 0.3 is 0 Å². The van der Waals surface area contributed by atoms with E-state index in [1.54, 1.807) is 6.07 Å². The molecule has 106 valence electrons. The number of anilines is 1. The van der Waals surface area contributed by atoms with Gasteiger partial charge in [0.2, 0.25) is 0 Å². The van der Waals surface area contributed by atoms with Gasteiger partial charge in [-0.25, -0.2) is 4.39 Å². The summed E-state index contributed by atoms with van der Waals surface area (Å²) in [6, 6.07) is 4.47. The zero-order chi connectivity index (χ0) is 13.1. The van der Waals surface area contributed by atoms with E-state index in [-0.39, 0.29) is 30.1 Å². The van der Waals surface area contributed by atoms with Crippen molar-refractivity contribution in [2.75, 3.05) is 11.9 Å². The van der Waals surface area contributed by atoms with Gasteiger partial charge in [-0.15, -0.1) is 12.4 Å². The molecule has 1 aromatic carbocycles. The minimum atomic E-state index is -0.540. The quantitative estimate of drug-likeness (QED) is 0.877.